The van der Waals surface area contributed by atoms with Crippen molar-refractivity contribution in [3.8, 4) is 5.82 Å². The molecule has 0 bridgehead atoms. The number of ether oxygens (including phenoxy) is 1. The fourth-order valence-corrected chi connectivity index (χ4v) is 3.53. The molecule has 3 aromatic rings. The number of methoxy groups -OCH3 is 1. The number of aliphatic hydroxyl groups excluding tert-OH is 1. The zero-order valence-electron chi connectivity index (χ0n) is 15.1. The number of rotatable bonds is 4. The van der Waals surface area contributed by atoms with Gasteiger partial charge >= 0.3 is 5.97 Å². The van der Waals surface area contributed by atoms with Gasteiger partial charge in [-0.25, -0.2) is 9.78 Å². The summed E-state index contributed by atoms with van der Waals surface area (Å²) in [6.07, 6.45) is 6.87. The van der Waals surface area contributed by atoms with Crippen molar-refractivity contribution in [2.75, 3.05) is 12.4 Å². The lowest BCUT2D eigenvalue weighted by atomic mass is 9.93. The van der Waals surface area contributed by atoms with Crippen molar-refractivity contribution in [1.82, 2.24) is 14.5 Å². The molecule has 1 fully saturated rings. The quantitative estimate of drug-likeness (QED) is 0.690. The third-order valence-electron chi connectivity index (χ3n) is 5.03. The molecule has 1 aliphatic rings. The van der Waals surface area contributed by atoms with Crippen LogP contribution in [0, 0.1) is 0 Å². The number of benzene rings is 1. The van der Waals surface area contributed by atoms with Crippen molar-refractivity contribution in [3.63, 3.8) is 0 Å². The van der Waals surface area contributed by atoms with Crippen LogP contribution in [0.4, 0.5) is 5.95 Å². The van der Waals surface area contributed by atoms with Crippen LogP contribution in [0.25, 0.3) is 16.7 Å². The van der Waals surface area contributed by atoms with E-state index in [1.165, 1.54) is 7.11 Å². The first-order valence-electron chi connectivity index (χ1n) is 9.11. The molecule has 4 rings (SSSR count). The molecule has 0 aliphatic heterocycles. The highest BCUT2D eigenvalue weighted by Crippen LogP contribution is 2.23. The monoisotopic (exact) mass is 366 g/mol. The van der Waals surface area contributed by atoms with Gasteiger partial charge in [-0.2, -0.15) is 4.98 Å². The number of esters is 1. The zero-order valence-corrected chi connectivity index (χ0v) is 15.1. The average molecular weight is 366 g/mol. The minimum atomic E-state index is -0.367. The molecule has 7 heteroatoms. The Morgan fingerprint density at radius 3 is 2.81 bits per heavy atom. The van der Waals surface area contributed by atoms with Crippen LogP contribution in [0.1, 0.15) is 36.0 Å². The average Bonchev–Trinajstić information content (AvgIpc) is 3.12. The van der Waals surface area contributed by atoms with Gasteiger partial charge in [0.15, 0.2) is 0 Å². The maximum absolute atomic E-state index is 11.8. The zero-order chi connectivity index (χ0) is 18.8. The lowest BCUT2D eigenvalue weighted by Gasteiger charge is -2.26. The molecule has 1 saturated carbocycles. The van der Waals surface area contributed by atoms with Crippen LogP contribution in [0.2, 0.25) is 0 Å². The molecule has 27 heavy (non-hydrogen) atoms. The smallest absolute Gasteiger partial charge is 0.337 e. The molecule has 2 aromatic heterocycles. The second kappa shape index (κ2) is 7.36. The van der Waals surface area contributed by atoms with E-state index < -0.39 is 0 Å². The van der Waals surface area contributed by atoms with E-state index in [4.69, 9.17) is 4.74 Å². The van der Waals surface area contributed by atoms with E-state index in [1.54, 1.807) is 18.3 Å². The Labute approximate surface area is 157 Å². The molecule has 0 unspecified atom stereocenters. The maximum atomic E-state index is 11.8. The number of carbonyl (C=O) groups is 1. The lowest BCUT2D eigenvalue weighted by molar-refractivity contribution is 0.0601. The molecule has 0 radical (unpaired) electrons. The SMILES string of the molecule is COC(=O)c1ccc2ccn(-c3ccnc(N[C@H]4CC[C@H](O)CC4)n3)c2c1. The number of fused-ring (bicyclic) bond motifs is 1. The van der Waals surface area contributed by atoms with E-state index in [0.717, 1.165) is 42.4 Å². The van der Waals surface area contributed by atoms with Gasteiger partial charge in [0.05, 0.1) is 24.3 Å². The van der Waals surface area contributed by atoms with E-state index in [9.17, 15) is 9.90 Å². The lowest BCUT2D eigenvalue weighted by Crippen LogP contribution is -2.29. The van der Waals surface area contributed by atoms with Crippen LogP contribution in [0.3, 0.4) is 0 Å². The van der Waals surface area contributed by atoms with Crippen LogP contribution in [0.15, 0.2) is 42.7 Å². The summed E-state index contributed by atoms with van der Waals surface area (Å²) < 4.78 is 6.75. The fourth-order valence-electron chi connectivity index (χ4n) is 3.53. The van der Waals surface area contributed by atoms with Gasteiger partial charge in [0.2, 0.25) is 5.95 Å². The highest BCUT2D eigenvalue weighted by atomic mass is 16.5. The van der Waals surface area contributed by atoms with Crippen molar-refractivity contribution >= 4 is 22.8 Å². The van der Waals surface area contributed by atoms with E-state index in [2.05, 4.69) is 15.3 Å². The van der Waals surface area contributed by atoms with Crippen molar-refractivity contribution < 1.29 is 14.6 Å². The molecule has 0 saturated heterocycles. The van der Waals surface area contributed by atoms with Crippen molar-refractivity contribution in [1.29, 1.82) is 0 Å². The third-order valence-corrected chi connectivity index (χ3v) is 5.03. The van der Waals surface area contributed by atoms with Crippen LogP contribution in [-0.2, 0) is 4.74 Å². The van der Waals surface area contributed by atoms with Crippen LogP contribution in [-0.4, -0.2) is 44.9 Å². The Bertz CT molecular complexity index is 961. The Balaban J connectivity index is 1.62. The first kappa shape index (κ1) is 17.5. The van der Waals surface area contributed by atoms with Gasteiger partial charge in [-0.3, -0.25) is 0 Å². The molecule has 1 aromatic carbocycles. The summed E-state index contributed by atoms with van der Waals surface area (Å²) >= 11 is 0. The summed E-state index contributed by atoms with van der Waals surface area (Å²) in [5.41, 5.74) is 1.38. The number of anilines is 1. The molecule has 1 aliphatic carbocycles. The molecule has 0 atom stereocenters. The normalized spacial score (nSPS) is 19.8. The first-order valence-corrected chi connectivity index (χ1v) is 9.11. The number of hydrogen-bond donors (Lipinski definition) is 2. The summed E-state index contributed by atoms with van der Waals surface area (Å²) in [4.78, 5) is 20.8. The van der Waals surface area contributed by atoms with Gasteiger partial charge in [-0.05, 0) is 49.9 Å². The summed E-state index contributed by atoms with van der Waals surface area (Å²) in [7, 11) is 1.37. The van der Waals surface area contributed by atoms with E-state index in [1.807, 2.05) is 29.0 Å². The third kappa shape index (κ3) is 3.64. The molecule has 0 amide bonds. The molecular formula is C20H22N4O3. The molecule has 7 nitrogen and oxygen atoms in total. The summed E-state index contributed by atoms with van der Waals surface area (Å²) in [6, 6.07) is 9.54. The van der Waals surface area contributed by atoms with E-state index >= 15 is 0 Å². The first-order chi connectivity index (χ1) is 13.1. The van der Waals surface area contributed by atoms with Crippen LogP contribution < -0.4 is 5.32 Å². The van der Waals surface area contributed by atoms with Gasteiger partial charge in [0.1, 0.15) is 5.82 Å². The van der Waals surface area contributed by atoms with E-state index in [-0.39, 0.29) is 18.1 Å². The van der Waals surface area contributed by atoms with Crippen LogP contribution in [0.5, 0.6) is 0 Å². The number of hydrogen-bond acceptors (Lipinski definition) is 6. The van der Waals surface area contributed by atoms with Crippen molar-refractivity contribution in [2.45, 2.75) is 37.8 Å². The number of nitrogens with zero attached hydrogens (tertiary/aromatic N) is 3. The number of aliphatic hydroxyl groups is 1. The van der Waals surface area contributed by atoms with Gasteiger partial charge in [-0.1, -0.05) is 6.07 Å². The molecule has 140 valence electrons. The molecule has 2 N–H and O–H groups in total. The summed E-state index contributed by atoms with van der Waals surface area (Å²) in [6.45, 7) is 0. The van der Waals surface area contributed by atoms with Crippen molar-refractivity contribution in [2.24, 2.45) is 0 Å². The van der Waals surface area contributed by atoms with Gasteiger partial charge in [0.25, 0.3) is 0 Å². The number of carbonyl (C=O) groups excluding carboxylic acids is 1. The maximum Gasteiger partial charge on any atom is 0.337 e. The largest absolute Gasteiger partial charge is 0.465 e. The van der Waals surface area contributed by atoms with Gasteiger partial charge in [0, 0.05) is 23.8 Å². The van der Waals surface area contributed by atoms with Crippen molar-refractivity contribution in [3.05, 3.63) is 48.3 Å². The van der Waals surface area contributed by atoms with Crippen LogP contribution >= 0.6 is 0 Å². The Kier molecular flexibility index (Phi) is 4.77. The molecular weight excluding hydrogens is 344 g/mol. The second-order valence-electron chi connectivity index (χ2n) is 6.84. The Hall–Kier alpha value is -2.93. The fraction of sp³-hybridized carbons (Fsp3) is 0.350. The predicted molar refractivity (Wildman–Crippen MR) is 102 cm³/mol. The minimum Gasteiger partial charge on any atom is -0.465 e. The highest BCUT2D eigenvalue weighted by molar-refractivity contribution is 5.95. The minimum absolute atomic E-state index is 0.189. The number of nitrogens with one attached hydrogen (secondary N) is 1. The van der Waals surface area contributed by atoms with E-state index in [0.29, 0.717) is 11.5 Å². The number of aromatic nitrogens is 3. The summed E-state index contributed by atoms with van der Waals surface area (Å²) in [5.74, 6) is 0.925. The van der Waals surface area contributed by atoms with Gasteiger partial charge in [-0.15, -0.1) is 0 Å². The predicted octanol–water partition coefficient (Wildman–Crippen LogP) is 2.92. The molecule has 2 heterocycles. The van der Waals surface area contributed by atoms with Gasteiger partial charge < -0.3 is 19.7 Å². The second-order valence-corrected chi connectivity index (χ2v) is 6.84. The topological polar surface area (TPSA) is 89.3 Å². The summed E-state index contributed by atoms with van der Waals surface area (Å²) in [5, 5.41) is 14.0. The highest BCUT2D eigenvalue weighted by Gasteiger charge is 2.20. The standard InChI is InChI=1S/C20H22N4O3/c1-27-19(26)14-3-2-13-9-11-24(17(13)12-14)18-8-10-21-20(23-18)22-15-4-6-16(25)7-5-15/h2-3,8-12,15-16,25H,4-7H2,1H3,(H,21,22,23)/t15-,16-. The Morgan fingerprint density at radius 1 is 1.22 bits per heavy atom. The Morgan fingerprint density at radius 2 is 2.04 bits per heavy atom. The molecule has 0 spiro atoms.